The molecular weight excluding hydrogens is 318 g/mol. The molecule has 1 aliphatic heterocycles. The average Bonchev–Trinajstić information content (AvgIpc) is 3.09. The fourth-order valence-corrected chi connectivity index (χ4v) is 2.93. The molecule has 2 aromatic carbocycles. The Hall–Kier alpha value is -2.82. The van der Waals surface area contributed by atoms with Crippen LogP contribution in [0.25, 0.3) is 0 Å². The Morgan fingerprint density at radius 1 is 1.08 bits per heavy atom. The summed E-state index contributed by atoms with van der Waals surface area (Å²) in [7, 11) is 1.61. The molecule has 0 aromatic heterocycles. The average molecular weight is 339 g/mol. The second kappa shape index (κ2) is 7.83. The Morgan fingerprint density at radius 3 is 2.60 bits per heavy atom. The summed E-state index contributed by atoms with van der Waals surface area (Å²) in [6.45, 7) is 0.428. The third-order valence-electron chi connectivity index (χ3n) is 4.32. The minimum Gasteiger partial charge on any atom is -0.497 e. The van der Waals surface area contributed by atoms with Gasteiger partial charge < -0.3 is 14.4 Å². The Kier molecular flexibility index (Phi) is 5.33. The Labute approximate surface area is 147 Å². The molecule has 0 fully saturated rings. The summed E-state index contributed by atoms with van der Waals surface area (Å²) in [6.07, 6.45) is 1.66. The predicted molar refractivity (Wildman–Crippen MR) is 94.8 cm³/mol. The predicted octanol–water partition coefficient (Wildman–Crippen LogP) is 2.76. The van der Waals surface area contributed by atoms with Crippen molar-refractivity contribution in [3.05, 3.63) is 59.7 Å². The zero-order chi connectivity index (χ0) is 17.6. The van der Waals surface area contributed by atoms with Crippen molar-refractivity contribution in [3.8, 4) is 5.75 Å². The molecule has 1 amide bonds. The zero-order valence-corrected chi connectivity index (χ0v) is 14.2. The number of ether oxygens (including phenoxy) is 2. The standard InChI is InChI=1S/C20H21NO4/c1-24-17-9-6-15(7-10-17)8-11-20(23)25-14-19(22)21-13-12-16-4-2-3-5-18(16)21/h2-7,9-10H,8,11-14H2,1H3. The van der Waals surface area contributed by atoms with Crippen molar-refractivity contribution < 1.29 is 19.1 Å². The van der Waals surface area contributed by atoms with Crippen molar-refractivity contribution in [1.29, 1.82) is 0 Å². The third kappa shape index (κ3) is 4.18. The summed E-state index contributed by atoms with van der Waals surface area (Å²) in [4.78, 5) is 25.9. The second-order valence-corrected chi connectivity index (χ2v) is 5.93. The van der Waals surface area contributed by atoms with E-state index >= 15 is 0 Å². The molecule has 25 heavy (non-hydrogen) atoms. The number of hydrogen-bond acceptors (Lipinski definition) is 4. The number of hydrogen-bond donors (Lipinski definition) is 0. The molecule has 0 bridgehead atoms. The first-order valence-corrected chi connectivity index (χ1v) is 8.34. The van der Waals surface area contributed by atoms with Crippen LogP contribution in [0.1, 0.15) is 17.5 Å². The van der Waals surface area contributed by atoms with Gasteiger partial charge in [-0.1, -0.05) is 30.3 Å². The van der Waals surface area contributed by atoms with Crippen LogP contribution in [0.5, 0.6) is 5.75 Å². The van der Waals surface area contributed by atoms with Crippen LogP contribution in [-0.4, -0.2) is 32.1 Å². The van der Waals surface area contributed by atoms with Gasteiger partial charge >= 0.3 is 5.97 Å². The first kappa shape index (κ1) is 17.0. The maximum atomic E-state index is 12.3. The van der Waals surface area contributed by atoms with Crippen molar-refractivity contribution in [2.24, 2.45) is 0 Å². The van der Waals surface area contributed by atoms with Crippen LogP contribution in [-0.2, 0) is 27.2 Å². The number of anilines is 1. The smallest absolute Gasteiger partial charge is 0.306 e. The van der Waals surface area contributed by atoms with Crippen LogP contribution in [0.2, 0.25) is 0 Å². The van der Waals surface area contributed by atoms with Gasteiger partial charge in [0.2, 0.25) is 0 Å². The van der Waals surface area contributed by atoms with Crippen molar-refractivity contribution in [3.63, 3.8) is 0 Å². The lowest BCUT2D eigenvalue weighted by molar-refractivity contribution is -0.147. The summed E-state index contributed by atoms with van der Waals surface area (Å²) in [6, 6.07) is 15.4. The molecule has 0 atom stereocenters. The number of para-hydroxylation sites is 1. The highest BCUT2D eigenvalue weighted by Crippen LogP contribution is 2.27. The molecule has 0 saturated carbocycles. The largest absolute Gasteiger partial charge is 0.497 e. The van der Waals surface area contributed by atoms with Crippen LogP contribution >= 0.6 is 0 Å². The highest BCUT2D eigenvalue weighted by molar-refractivity contribution is 5.97. The molecule has 2 aromatic rings. The van der Waals surface area contributed by atoms with Gasteiger partial charge in [-0.2, -0.15) is 0 Å². The number of esters is 1. The number of methoxy groups -OCH3 is 1. The van der Waals surface area contributed by atoms with Gasteiger partial charge in [0, 0.05) is 18.7 Å². The SMILES string of the molecule is COc1ccc(CCC(=O)OCC(=O)N2CCc3ccccc32)cc1. The lowest BCUT2D eigenvalue weighted by Gasteiger charge is -2.17. The maximum Gasteiger partial charge on any atom is 0.306 e. The minimum absolute atomic E-state index is 0.178. The first-order chi connectivity index (χ1) is 12.2. The monoisotopic (exact) mass is 339 g/mol. The number of amides is 1. The van der Waals surface area contributed by atoms with E-state index in [0.29, 0.717) is 13.0 Å². The molecule has 130 valence electrons. The molecular formula is C20H21NO4. The van der Waals surface area contributed by atoms with Crippen molar-refractivity contribution >= 4 is 17.6 Å². The van der Waals surface area contributed by atoms with Gasteiger partial charge in [-0.25, -0.2) is 0 Å². The molecule has 0 aliphatic carbocycles. The van der Waals surface area contributed by atoms with Crippen LogP contribution in [0.15, 0.2) is 48.5 Å². The zero-order valence-electron chi connectivity index (χ0n) is 14.2. The van der Waals surface area contributed by atoms with Gasteiger partial charge in [-0.15, -0.1) is 0 Å². The molecule has 1 aliphatic rings. The van der Waals surface area contributed by atoms with Crippen LogP contribution < -0.4 is 9.64 Å². The Bertz CT molecular complexity index is 755. The maximum absolute atomic E-state index is 12.3. The van der Waals surface area contributed by atoms with Gasteiger partial charge in [-0.05, 0) is 42.2 Å². The van der Waals surface area contributed by atoms with Crippen LogP contribution in [0.4, 0.5) is 5.69 Å². The van der Waals surface area contributed by atoms with E-state index in [1.807, 2.05) is 48.5 Å². The topological polar surface area (TPSA) is 55.8 Å². The number of carbonyl (C=O) groups is 2. The molecule has 0 N–H and O–H groups in total. The number of benzene rings is 2. The van der Waals surface area contributed by atoms with E-state index in [-0.39, 0.29) is 24.9 Å². The van der Waals surface area contributed by atoms with E-state index in [2.05, 4.69) is 0 Å². The van der Waals surface area contributed by atoms with E-state index in [0.717, 1.165) is 29.0 Å². The molecule has 0 saturated heterocycles. The minimum atomic E-state index is -0.364. The number of nitrogens with zero attached hydrogens (tertiary/aromatic N) is 1. The summed E-state index contributed by atoms with van der Waals surface area (Å²) >= 11 is 0. The molecule has 0 spiro atoms. The van der Waals surface area contributed by atoms with Crippen LogP contribution in [0.3, 0.4) is 0 Å². The fraction of sp³-hybridized carbons (Fsp3) is 0.300. The fourth-order valence-electron chi connectivity index (χ4n) is 2.93. The van der Waals surface area contributed by atoms with E-state index in [4.69, 9.17) is 9.47 Å². The van der Waals surface area contributed by atoms with Crippen molar-refractivity contribution in [2.45, 2.75) is 19.3 Å². The van der Waals surface area contributed by atoms with Crippen molar-refractivity contribution in [2.75, 3.05) is 25.2 Å². The Balaban J connectivity index is 1.45. The highest BCUT2D eigenvalue weighted by Gasteiger charge is 2.24. The molecule has 0 radical (unpaired) electrons. The van der Waals surface area contributed by atoms with Crippen LogP contribution in [0, 0.1) is 0 Å². The second-order valence-electron chi connectivity index (χ2n) is 5.93. The van der Waals surface area contributed by atoms with Gasteiger partial charge in [0.15, 0.2) is 6.61 Å². The Morgan fingerprint density at radius 2 is 1.84 bits per heavy atom. The first-order valence-electron chi connectivity index (χ1n) is 8.34. The number of rotatable bonds is 6. The van der Waals surface area contributed by atoms with Gasteiger partial charge in [0.05, 0.1) is 7.11 Å². The number of fused-ring (bicyclic) bond motifs is 1. The quantitative estimate of drug-likeness (QED) is 0.760. The normalized spacial score (nSPS) is 12.6. The van der Waals surface area contributed by atoms with Gasteiger partial charge in [0.1, 0.15) is 5.75 Å². The molecule has 5 nitrogen and oxygen atoms in total. The number of aryl methyl sites for hydroxylation is 1. The van der Waals surface area contributed by atoms with Gasteiger partial charge in [-0.3, -0.25) is 9.59 Å². The summed E-state index contributed by atoms with van der Waals surface area (Å²) < 4.78 is 10.2. The highest BCUT2D eigenvalue weighted by atomic mass is 16.5. The van der Waals surface area contributed by atoms with E-state index in [9.17, 15) is 9.59 Å². The lowest BCUT2D eigenvalue weighted by atomic mass is 10.1. The summed E-state index contributed by atoms with van der Waals surface area (Å²) in [5, 5.41) is 0. The van der Waals surface area contributed by atoms with E-state index < -0.39 is 0 Å². The van der Waals surface area contributed by atoms with Crippen molar-refractivity contribution in [1.82, 2.24) is 0 Å². The number of carbonyl (C=O) groups excluding carboxylic acids is 2. The molecule has 0 unspecified atom stereocenters. The van der Waals surface area contributed by atoms with E-state index in [1.165, 1.54) is 0 Å². The lowest BCUT2D eigenvalue weighted by Crippen LogP contribution is -2.33. The summed E-state index contributed by atoms with van der Waals surface area (Å²) in [5.74, 6) is 0.238. The van der Waals surface area contributed by atoms with E-state index in [1.54, 1.807) is 12.0 Å². The summed E-state index contributed by atoms with van der Waals surface area (Å²) in [5.41, 5.74) is 3.10. The molecule has 5 heteroatoms. The van der Waals surface area contributed by atoms with Gasteiger partial charge in [0.25, 0.3) is 5.91 Å². The molecule has 3 rings (SSSR count). The molecule has 1 heterocycles. The third-order valence-corrected chi connectivity index (χ3v) is 4.32.